The van der Waals surface area contributed by atoms with Crippen LogP contribution in [0.2, 0.25) is 0 Å². The summed E-state index contributed by atoms with van der Waals surface area (Å²) in [6.07, 6.45) is -4.76. The average Bonchev–Trinajstić information content (AvgIpc) is 2.57. The fourth-order valence-electron chi connectivity index (χ4n) is 2.17. The molecule has 2 rings (SSSR count). The van der Waals surface area contributed by atoms with Crippen molar-refractivity contribution in [2.24, 2.45) is 0 Å². The first-order valence-corrected chi connectivity index (χ1v) is 8.24. The summed E-state index contributed by atoms with van der Waals surface area (Å²) in [5.41, 5.74) is 1.03. The van der Waals surface area contributed by atoms with Crippen molar-refractivity contribution < 1.29 is 22.7 Å². The van der Waals surface area contributed by atoms with E-state index in [1.807, 2.05) is 13.8 Å². The molecule has 27 heavy (non-hydrogen) atoms. The zero-order valence-electron chi connectivity index (χ0n) is 14.9. The third-order valence-electron chi connectivity index (χ3n) is 3.26. The van der Waals surface area contributed by atoms with Gasteiger partial charge in [0.05, 0.1) is 0 Å². The molecule has 0 radical (unpaired) electrons. The standard InChI is InChI=1S/C17H20F3N5O2/c1-3-21-16-24-11(2)10-14(25-16)22-8-9-23-15(26)12-4-6-13(7-5-12)27-17(18,19)20/h4-7,10H,3,8-9H2,1-2H3,(H,23,26)(H2,21,22,24,25). The summed E-state index contributed by atoms with van der Waals surface area (Å²) < 4.78 is 40.1. The quantitative estimate of drug-likeness (QED) is 0.608. The fraction of sp³-hybridized carbons (Fsp3) is 0.353. The minimum Gasteiger partial charge on any atom is -0.406 e. The average molecular weight is 383 g/mol. The number of nitrogens with one attached hydrogen (secondary N) is 3. The van der Waals surface area contributed by atoms with E-state index in [1.54, 1.807) is 6.07 Å². The van der Waals surface area contributed by atoms with Crippen LogP contribution in [0.4, 0.5) is 24.9 Å². The smallest absolute Gasteiger partial charge is 0.406 e. The SMILES string of the molecule is CCNc1nc(C)cc(NCCNC(=O)c2ccc(OC(F)(F)F)cc2)n1. The van der Waals surface area contributed by atoms with Crippen molar-refractivity contribution in [3.8, 4) is 5.75 Å². The highest BCUT2D eigenvalue weighted by Gasteiger charge is 2.31. The number of hydrogen-bond acceptors (Lipinski definition) is 6. The second-order valence-electron chi connectivity index (χ2n) is 5.50. The van der Waals surface area contributed by atoms with Crippen molar-refractivity contribution >= 4 is 17.7 Å². The first-order valence-electron chi connectivity index (χ1n) is 8.24. The zero-order valence-corrected chi connectivity index (χ0v) is 14.9. The van der Waals surface area contributed by atoms with E-state index in [0.717, 1.165) is 17.8 Å². The lowest BCUT2D eigenvalue weighted by molar-refractivity contribution is -0.274. The van der Waals surface area contributed by atoms with E-state index in [-0.39, 0.29) is 11.3 Å². The molecule has 1 aromatic carbocycles. The largest absolute Gasteiger partial charge is 0.573 e. The number of nitrogens with zero attached hydrogens (tertiary/aromatic N) is 2. The zero-order chi connectivity index (χ0) is 19.9. The molecule has 1 heterocycles. The van der Waals surface area contributed by atoms with Gasteiger partial charge < -0.3 is 20.7 Å². The molecule has 0 bridgehead atoms. The van der Waals surface area contributed by atoms with Gasteiger partial charge in [-0.2, -0.15) is 4.98 Å². The summed E-state index contributed by atoms with van der Waals surface area (Å²) >= 11 is 0. The first kappa shape index (κ1) is 20.3. The molecule has 3 N–H and O–H groups in total. The van der Waals surface area contributed by atoms with Gasteiger partial charge in [-0.3, -0.25) is 4.79 Å². The van der Waals surface area contributed by atoms with E-state index in [4.69, 9.17) is 0 Å². The molecule has 0 spiro atoms. The van der Waals surface area contributed by atoms with E-state index in [2.05, 4.69) is 30.7 Å². The molecule has 7 nitrogen and oxygen atoms in total. The number of halogens is 3. The maximum atomic E-state index is 12.1. The fourth-order valence-corrected chi connectivity index (χ4v) is 2.17. The van der Waals surface area contributed by atoms with Crippen LogP contribution < -0.4 is 20.7 Å². The lowest BCUT2D eigenvalue weighted by atomic mass is 10.2. The highest BCUT2D eigenvalue weighted by molar-refractivity contribution is 5.94. The van der Waals surface area contributed by atoms with E-state index in [1.165, 1.54) is 12.1 Å². The summed E-state index contributed by atoms with van der Waals surface area (Å²) in [6, 6.07) is 6.49. The number of carbonyl (C=O) groups excluding carboxylic acids is 1. The van der Waals surface area contributed by atoms with Crippen LogP contribution >= 0.6 is 0 Å². The molecular weight excluding hydrogens is 363 g/mol. The summed E-state index contributed by atoms with van der Waals surface area (Å²) in [7, 11) is 0. The number of anilines is 2. The second kappa shape index (κ2) is 9.06. The Hall–Kier alpha value is -3.04. The minimum atomic E-state index is -4.76. The monoisotopic (exact) mass is 383 g/mol. The Morgan fingerprint density at radius 1 is 1.11 bits per heavy atom. The van der Waals surface area contributed by atoms with Gasteiger partial charge in [-0.25, -0.2) is 4.98 Å². The van der Waals surface area contributed by atoms with E-state index < -0.39 is 12.3 Å². The topological polar surface area (TPSA) is 88.2 Å². The Morgan fingerprint density at radius 3 is 2.44 bits per heavy atom. The predicted octanol–water partition coefficient (Wildman–Crippen LogP) is 2.96. The van der Waals surface area contributed by atoms with Crippen LogP contribution in [-0.2, 0) is 0 Å². The van der Waals surface area contributed by atoms with Gasteiger partial charge in [-0.15, -0.1) is 13.2 Å². The van der Waals surface area contributed by atoms with Crippen molar-refractivity contribution in [3.63, 3.8) is 0 Å². The Morgan fingerprint density at radius 2 is 1.81 bits per heavy atom. The van der Waals surface area contributed by atoms with Crippen molar-refractivity contribution in [1.82, 2.24) is 15.3 Å². The molecule has 0 aliphatic heterocycles. The minimum absolute atomic E-state index is 0.233. The molecule has 0 fully saturated rings. The molecule has 1 aromatic heterocycles. The molecule has 0 saturated heterocycles. The van der Waals surface area contributed by atoms with Gasteiger partial charge in [0, 0.05) is 37.0 Å². The van der Waals surface area contributed by atoms with E-state index >= 15 is 0 Å². The summed E-state index contributed by atoms with van der Waals surface area (Å²) in [4.78, 5) is 20.5. The number of rotatable bonds is 8. The maximum Gasteiger partial charge on any atom is 0.573 e. The third-order valence-corrected chi connectivity index (χ3v) is 3.26. The molecule has 0 unspecified atom stereocenters. The van der Waals surface area contributed by atoms with Gasteiger partial charge in [0.2, 0.25) is 5.95 Å². The van der Waals surface area contributed by atoms with Gasteiger partial charge in [-0.05, 0) is 38.1 Å². The van der Waals surface area contributed by atoms with Crippen LogP contribution in [0.25, 0.3) is 0 Å². The lowest BCUT2D eigenvalue weighted by Gasteiger charge is -2.11. The van der Waals surface area contributed by atoms with Crippen LogP contribution in [0.3, 0.4) is 0 Å². The molecule has 0 aliphatic rings. The van der Waals surface area contributed by atoms with Gasteiger partial charge >= 0.3 is 6.36 Å². The van der Waals surface area contributed by atoms with E-state index in [9.17, 15) is 18.0 Å². The number of carbonyl (C=O) groups is 1. The molecule has 10 heteroatoms. The Balaban J connectivity index is 1.81. The highest BCUT2D eigenvalue weighted by Crippen LogP contribution is 2.22. The predicted molar refractivity (Wildman–Crippen MR) is 94.9 cm³/mol. The Kier molecular flexibility index (Phi) is 6.80. The molecule has 0 atom stereocenters. The number of aryl methyl sites for hydroxylation is 1. The van der Waals surface area contributed by atoms with Crippen LogP contribution in [0.5, 0.6) is 5.75 Å². The number of aromatic nitrogens is 2. The lowest BCUT2D eigenvalue weighted by Crippen LogP contribution is -2.29. The van der Waals surface area contributed by atoms with Crippen molar-refractivity contribution in [1.29, 1.82) is 0 Å². The first-order chi connectivity index (χ1) is 12.8. The Bertz CT molecular complexity index is 766. The van der Waals surface area contributed by atoms with Crippen molar-refractivity contribution in [3.05, 3.63) is 41.6 Å². The van der Waals surface area contributed by atoms with Crippen LogP contribution in [0.15, 0.2) is 30.3 Å². The molecule has 0 saturated carbocycles. The number of benzene rings is 1. The number of amides is 1. The maximum absolute atomic E-state index is 12.1. The molecule has 1 amide bonds. The Labute approximate surface area is 154 Å². The second-order valence-corrected chi connectivity index (χ2v) is 5.50. The third kappa shape index (κ3) is 7.00. The molecule has 146 valence electrons. The van der Waals surface area contributed by atoms with Crippen LogP contribution in [0.1, 0.15) is 23.0 Å². The number of alkyl halides is 3. The molecular formula is C17H20F3N5O2. The summed E-state index contributed by atoms with van der Waals surface area (Å²) in [5, 5.41) is 8.77. The van der Waals surface area contributed by atoms with Crippen molar-refractivity contribution in [2.75, 3.05) is 30.3 Å². The summed E-state index contributed by atoms with van der Waals surface area (Å²) in [6.45, 7) is 5.21. The van der Waals surface area contributed by atoms with E-state index in [0.29, 0.717) is 31.4 Å². The van der Waals surface area contributed by atoms with Gasteiger partial charge in [-0.1, -0.05) is 0 Å². The molecule has 2 aromatic rings. The number of hydrogen-bond donors (Lipinski definition) is 3. The van der Waals surface area contributed by atoms with Crippen molar-refractivity contribution in [2.45, 2.75) is 20.2 Å². The van der Waals surface area contributed by atoms with Crippen LogP contribution in [-0.4, -0.2) is 41.9 Å². The van der Waals surface area contributed by atoms with Crippen LogP contribution in [0, 0.1) is 6.92 Å². The molecule has 0 aliphatic carbocycles. The number of ether oxygens (including phenoxy) is 1. The highest BCUT2D eigenvalue weighted by atomic mass is 19.4. The van der Waals surface area contributed by atoms with Gasteiger partial charge in [0.15, 0.2) is 0 Å². The summed E-state index contributed by atoms with van der Waals surface area (Å²) in [5.74, 6) is 0.366. The normalized spacial score (nSPS) is 11.0. The van der Waals surface area contributed by atoms with Gasteiger partial charge in [0.25, 0.3) is 5.91 Å². The van der Waals surface area contributed by atoms with Gasteiger partial charge in [0.1, 0.15) is 11.6 Å².